The molecule has 142 valence electrons. The molecule has 0 bridgehead atoms. The first-order chi connectivity index (χ1) is 13.2. The van der Waals surface area contributed by atoms with Gasteiger partial charge in [0.15, 0.2) is 16.3 Å². The summed E-state index contributed by atoms with van der Waals surface area (Å²) in [4.78, 5) is 24.8. The topological polar surface area (TPSA) is 63.6 Å². The van der Waals surface area contributed by atoms with Gasteiger partial charge >= 0.3 is 0 Å². The molecule has 0 unspecified atom stereocenters. The molecule has 1 aromatic carbocycles. The van der Waals surface area contributed by atoms with Gasteiger partial charge in [-0.2, -0.15) is 0 Å². The number of H-pyrrole nitrogens is 1. The molecule has 0 saturated heterocycles. The zero-order valence-corrected chi connectivity index (χ0v) is 16.9. The fraction of sp³-hybridized carbons (Fsp3) is 0.450. The number of nitrogens with zero attached hydrogens (tertiary/aromatic N) is 3. The minimum atomic E-state index is -0.175. The molecule has 0 radical (unpaired) electrons. The van der Waals surface area contributed by atoms with Crippen LogP contribution < -0.4 is 5.56 Å². The highest BCUT2D eigenvalue weighted by atomic mass is 35.5. The predicted molar refractivity (Wildman–Crippen MR) is 112 cm³/mol. The van der Waals surface area contributed by atoms with Crippen molar-refractivity contribution in [2.24, 2.45) is 5.92 Å². The molecule has 1 fully saturated rings. The van der Waals surface area contributed by atoms with Crippen LogP contribution in [-0.4, -0.2) is 25.3 Å². The number of aromatic amines is 1. The van der Waals surface area contributed by atoms with Gasteiger partial charge in [-0.15, -0.1) is 0 Å². The van der Waals surface area contributed by atoms with E-state index >= 15 is 0 Å². The zero-order valence-electron chi connectivity index (χ0n) is 15.4. The van der Waals surface area contributed by atoms with Crippen LogP contribution in [0.2, 0.25) is 5.02 Å². The van der Waals surface area contributed by atoms with Gasteiger partial charge in [0.2, 0.25) is 0 Å². The summed E-state index contributed by atoms with van der Waals surface area (Å²) >= 11 is 7.63. The molecule has 4 rings (SSSR count). The number of fused-ring (bicyclic) bond motifs is 1. The van der Waals surface area contributed by atoms with Gasteiger partial charge in [-0.1, -0.05) is 49.0 Å². The Kier molecular flexibility index (Phi) is 5.55. The lowest BCUT2D eigenvalue weighted by atomic mass is 10.1. The third-order valence-corrected chi connectivity index (χ3v) is 6.40. The van der Waals surface area contributed by atoms with Crippen molar-refractivity contribution in [3.8, 4) is 11.4 Å². The summed E-state index contributed by atoms with van der Waals surface area (Å²) in [5, 5.41) is 1.36. The summed E-state index contributed by atoms with van der Waals surface area (Å²) in [7, 11) is 0. The second-order valence-corrected chi connectivity index (χ2v) is 8.54. The smallest absolute Gasteiger partial charge is 0.279 e. The second kappa shape index (κ2) is 8.07. The molecule has 0 aliphatic heterocycles. The molecular formula is C20H23ClN4OS. The maximum atomic E-state index is 12.6. The SMILES string of the molecule is CCn1c(-c2ccc(Cl)cc2)nc2c(=O)[nH]c(SCCC3CCCC3)nc21. The number of hydrogen-bond donors (Lipinski definition) is 1. The van der Waals surface area contributed by atoms with Crippen molar-refractivity contribution in [1.82, 2.24) is 19.5 Å². The molecule has 2 heterocycles. The minimum absolute atomic E-state index is 0.175. The fourth-order valence-corrected chi connectivity index (χ4v) is 4.89. The van der Waals surface area contributed by atoms with Crippen LogP contribution in [0, 0.1) is 5.92 Å². The van der Waals surface area contributed by atoms with Crippen molar-refractivity contribution < 1.29 is 0 Å². The maximum absolute atomic E-state index is 12.6. The van der Waals surface area contributed by atoms with Crippen molar-refractivity contribution in [3.05, 3.63) is 39.6 Å². The van der Waals surface area contributed by atoms with E-state index in [4.69, 9.17) is 16.6 Å². The van der Waals surface area contributed by atoms with Crippen LogP contribution in [0.25, 0.3) is 22.6 Å². The van der Waals surface area contributed by atoms with E-state index in [1.54, 1.807) is 11.8 Å². The van der Waals surface area contributed by atoms with Crippen molar-refractivity contribution in [2.75, 3.05) is 5.75 Å². The number of benzene rings is 1. The highest BCUT2D eigenvalue weighted by Gasteiger charge is 2.18. The third kappa shape index (κ3) is 3.92. The first-order valence-corrected chi connectivity index (χ1v) is 10.9. The van der Waals surface area contributed by atoms with E-state index in [-0.39, 0.29) is 5.56 Å². The summed E-state index contributed by atoms with van der Waals surface area (Å²) < 4.78 is 1.99. The molecule has 1 saturated carbocycles. The summed E-state index contributed by atoms with van der Waals surface area (Å²) in [5.41, 5.74) is 1.79. The first-order valence-electron chi connectivity index (χ1n) is 9.55. The fourth-order valence-electron chi connectivity index (χ4n) is 3.80. The van der Waals surface area contributed by atoms with E-state index in [1.165, 1.54) is 32.1 Å². The summed E-state index contributed by atoms with van der Waals surface area (Å²) in [6.07, 6.45) is 6.60. The number of thioether (sulfide) groups is 1. The number of hydrogen-bond acceptors (Lipinski definition) is 4. The van der Waals surface area contributed by atoms with E-state index in [0.717, 1.165) is 23.1 Å². The van der Waals surface area contributed by atoms with Crippen LogP contribution in [0.4, 0.5) is 0 Å². The number of nitrogens with one attached hydrogen (secondary N) is 1. The van der Waals surface area contributed by atoms with Crippen LogP contribution in [0.1, 0.15) is 39.0 Å². The number of aryl methyl sites for hydroxylation is 1. The van der Waals surface area contributed by atoms with Crippen molar-refractivity contribution in [3.63, 3.8) is 0 Å². The molecule has 27 heavy (non-hydrogen) atoms. The predicted octanol–water partition coefficient (Wildman–Crippen LogP) is 5.13. The lowest BCUT2D eigenvalue weighted by Crippen LogP contribution is -2.10. The molecule has 7 heteroatoms. The molecule has 1 N–H and O–H groups in total. The Balaban J connectivity index is 1.64. The Morgan fingerprint density at radius 3 is 2.67 bits per heavy atom. The summed E-state index contributed by atoms with van der Waals surface area (Å²) in [6.45, 7) is 2.73. The summed E-state index contributed by atoms with van der Waals surface area (Å²) in [6, 6.07) is 7.50. The molecule has 0 atom stereocenters. The van der Waals surface area contributed by atoms with Crippen molar-refractivity contribution >= 4 is 34.5 Å². The number of aromatic nitrogens is 4. The minimum Gasteiger partial charge on any atom is -0.309 e. The van der Waals surface area contributed by atoms with Gasteiger partial charge in [0.1, 0.15) is 5.82 Å². The van der Waals surface area contributed by atoms with E-state index in [1.807, 2.05) is 35.8 Å². The molecule has 1 aliphatic carbocycles. The molecule has 0 amide bonds. The van der Waals surface area contributed by atoms with Gasteiger partial charge < -0.3 is 4.57 Å². The highest BCUT2D eigenvalue weighted by Crippen LogP contribution is 2.30. The summed E-state index contributed by atoms with van der Waals surface area (Å²) in [5.74, 6) is 2.57. The van der Waals surface area contributed by atoms with Gasteiger partial charge in [-0.3, -0.25) is 9.78 Å². The lowest BCUT2D eigenvalue weighted by molar-refractivity contribution is 0.535. The average molecular weight is 403 g/mol. The Bertz CT molecular complexity index is 990. The number of halogens is 1. The number of imidazole rings is 1. The molecule has 3 aromatic rings. The lowest BCUT2D eigenvalue weighted by Gasteiger charge is -2.08. The Morgan fingerprint density at radius 1 is 1.22 bits per heavy atom. The molecule has 0 spiro atoms. The zero-order chi connectivity index (χ0) is 18.8. The average Bonchev–Trinajstić information content (AvgIpc) is 3.30. The van der Waals surface area contributed by atoms with E-state index in [0.29, 0.717) is 27.9 Å². The van der Waals surface area contributed by atoms with Crippen LogP contribution in [0.3, 0.4) is 0 Å². The third-order valence-electron chi connectivity index (χ3n) is 5.24. The Morgan fingerprint density at radius 2 is 1.96 bits per heavy atom. The first kappa shape index (κ1) is 18.6. The maximum Gasteiger partial charge on any atom is 0.279 e. The molecule has 5 nitrogen and oxygen atoms in total. The molecule has 1 aliphatic rings. The molecular weight excluding hydrogens is 380 g/mol. The quantitative estimate of drug-likeness (QED) is 0.458. The van der Waals surface area contributed by atoms with Gasteiger partial charge in [0.25, 0.3) is 5.56 Å². The van der Waals surface area contributed by atoms with Gasteiger partial charge in [0.05, 0.1) is 0 Å². The van der Waals surface area contributed by atoms with Gasteiger partial charge in [-0.25, -0.2) is 9.97 Å². The Hall–Kier alpha value is -1.79. The Labute approximate surface area is 167 Å². The second-order valence-electron chi connectivity index (χ2n) is 7.02. The van der Waals surface area contributed by atoms with Gasteiger partial charge in [-0.05, 0) is 43.5 Å². The largest absolute Gasteiger partial charge is 0.309 e. The van der Waals surface area contributed by atoms with Crippen molar-refractivity contribution in [1.29, 1.82) is 0 Å². The van der Waals surface area contributed by atoms with Crippen LogP contribution in [0.5, 0.6) is 0 Å². The monoisotopic (exact) mass is 402 g/mol. The van der Waals surface area contributed by atoms with Crippen LogP contribution in [-0.2, 0) is 6.54 Å². The molecule has 2 aromatic heterocycles. The van der Waals surface area contributed by atoms with Gasteiger partial charge in [0, 0.05) is 22.9 Å². The van der Waals surface area contributed by atoms with Crippen LogP contribution in [0.15, 0.2) is 34.2 Å². The van der Waals surface area contributed by atoms with E-state index in [9.17, 15) is 4.79 Å². The van der Waals surface area contributed by atoms with Crippen LogP contribution >= 0.6 is 23.4 Å². The van der Waals surface area contributed by atoms with E-state index in [2.05, 4.69) is 9.97 Å². The van der Waals surface area contributed by atoms with Crippen molar-refractivity contribution in [2.45, 2.75) is 50.7 Å². The normalized spacial score (nSPS) is 15.0. The highest BCUT2D eigenvalue weighted by molar-refractivity contribution is 7.99. The standard InChI is InChI=1S/C20H23ClN4OS/c1-2-25-17(14-7-9-15(21)10-8-14)22-16-18(25)23-20(24-19(16)26)27-12-11-13-5-3-4-6-13/h7-10,13H,2-6,11-12H2,1H3,(H,23,24,26). The number of rotatable bonds is 6. The van der Waals surface area contributed by atoms with E-state index < -0.39 is 0 Å².